The number of thioether (sulfide) groups is 1. The Bertz CT molecular complexity index is 587. The van der Waals surface area contributed by atoms with Crippen molar-refractivity contribution in [3.05, 3.63) is 29.6 Å². The lowest BCUT2D eigenvalue weighted by molar-refractivity contribution is 0.577. The molecule has 20 heavy (non-hydrogen) atoms. The summed E-state index contributed by atoms with van der Waals surface area (Å²) in [4.78, 5) is 4.80. The number of aryl methyl sites for hydroxylation is 2. The van der Waals surface area contributed by atoms with Crippen molar-refractivity contribution in [1.82, 2.24) is 9.55 Å². The standard InChI is InChI=1S/C16H21ClN2S/c1-12-5-4-7-14-16(12)19(15(18-14)8-9-17)11-13-6-2-3-10-20-13/h4-5,7,13H,2-3,6,8-11H2,1H3. The van der Waals surface area contributed by atoms with Gasteiger partial charge in [0.25, 0.3) is 0 Å². The monoisotopic (exact) mass is 308 g/mol. The molecule has 1 atom stereocenters. The maximum atomic E-state index is 5.96. The van der Waals surface area contributed by atoms with Gasteiger partial charge in [-0.3, -0.25) is 0 Å². The van der Waals surface area contributed by atoms with Gasteiger partial charge in [0.1, 0.15) is 5.82 Å². The molecular weight excluding hydrogens is 288 g/mol. The van der Waals surface area contributed by atoms with Crippen LogP contribution in [0.1, 0.15) is 30.7 Å². The summed E-state index contributed by atoms with van der Waals surface area (Å²) in [5.74, 6) is 3.09. The first-order valence-electron chi connectivity index (χ1n) is 7.42. The highest BCUT2D eigenvalue weighted by Crippen LogP contribution is 2.29. The lowest BCUT2D eigenvalue weighted by Crippen LogP contribution is -2.19. The van der Waals surface area contributed by atoms with Gasteiger partial charge in [0.15, 0.2) is 0 Å². The van der Waals surface area contributed by atoms with Gasteiger partial charge in [0.2, 0.25) is 0 Å². The van der Waals surface area contributed by atoms with Crippen LogP contribution in [0.25, 0.3) is 11.0 Å². The maximum Gasteiger partial charge on any atom is 0.111 e. The molecule has 0 N–H and O–H groups in total. The molecule has 1 unspecified atom stereocenters. The fourth-order valence-electron chi connectivity index (χ4n) is 3.04. The van der Waals surface area contributed by atoms with Crippen molar-refractivity contribution in [1.29, 1.82) is 0 Å². The Hall–Kier alpha value is -0.670. The van der Waals surface area contributed by atoms with E-state index in [0.717, 1.165) is 29.6 Å². The van der Waals surface area contributed by atoms with Gasteiger partial charge in [0.05, 0.1) is 11.0 Å². The summed E-state index contributed by atoms with van der Waals surface area (Å²) < 4.78 is 2.43. The van der Waals surface area contributed by atoms with E-state index in [1.165, 1.54) is 36.1 Å². The van der Waals surface area contributed by atoms with E-state index in [0.29, 0.717) is 5.88 Å². The van der Waals surface area contributed by atoms with Crippen LogP contribution in [0, 0.1) is 6.92 Å². The van der Waals surface area contributed by atoms with Crippen LogP contribution in [0.4, 0.5) is 0 Å². The van der Waals surface area contributed by atoms with Crippen LogP contribution in [0.2, 0.25) is 0 Å². The van der Waals surface area contributed by atoms with Crippen LogP contribution in [-0.2, 0) is 13.0 Å². The zero-order valence-electron chi connectivity index (χ0n) is 11.9. The van der Waals surface area contributed by atoms with Crippen LogP contribution < -0.4 is 0 Å². The first-order valence-corrected chi connectivity index (χ1v) is 9.00. The molecule has 1 aliphatic rings. The Kier molecular flexibility index (Phi) is 4.57. The van der Waals surface area contributed by atoms with Crippen molar-refractivity contribution in [3.8, 4) is 0 Å². The molecule has 0 aliphatic carbocycles. The van der Waals surface area contributed by atoms with Crippen LogP contribution in [0.5, 0.6) is 0 Å². The average Bonchev–Trinajstić information content (AvgIpc) is 2.80. The van der Waals surface area contributed by atoms with E-state index >= 15 is 0 Å². The Balaban J connectivity index is 1.98. The molecule has 1 saturated heterocycles. The Morgan fingerprint density at radius 2 is 2.30 bits per heavy atom. The summed E-state index contributed by atoms with van der Waals surface area (Å²) in [7, 11) is 0. The van der Waals surface area contributed by atoms with E-state index in [1.54, 1.807) is 0 Å². The number of para-hydroxylation sites is 1. The van der Waals surface area contributed by atoms with E-state index in [4.69, 9.17) is 16.6 Å². The molecule has 2 heterocycles. The first kappa shape index (κ1) is 14.3. The number of rotatable bonds is 4. The summed E-state index contributed by atoms with van der Waals surface area (Å²) in [6.45, 7) is 3.26. The molecule has 1 fully saturated rings. The van der Waals surface area contributed by atoms with Crippen molar-refractivity contribution in [3.63, 3.8) is 0 Å². The first-order chi connectivity index (χ1) is 9.79. The van der Waals surface area contributed by atoms with E-state index in [9.17, 15) is 0 Å². The molecule has 1 aliphatic heterocycles. The van der Waals surface area contributed by atoms with E-state index in [-0.39, 0.29) is 0 Å². The number of aromatic nitrogens is 2. The zero-order chi connectivity index (χ0) is 13.9. The highest BCUT2D eigenvalue weighted by Gasteiger charge is 2.19. The number of fused-ring (bicyclic) bond motifs is 1. The Morgan fingerprint density at radius 3 is 3.05 bits per heavy atom. The third-order valence-electron chi connectivity index (χ3n) is 4.03. The second-order valence-corrected chi connectivity index (χ2v) is 7.30. The minimum absolute atomic E-state index is 0.639. The van der Waals surface area contributed by atoms with E-state index < -0.39 is 0 Å². The van der Waals surface area contributed by atoms with Crippen molar-refractivity contribution in [2.45, 2.75) is 44.4 Å². The predicted octanol–water partition coefficient (Wildman–Crippen LogP) is 4.41. The second kappa shape index (κ2) is 6.40. The molecule has 4 heteroatoms. The molecule has 0 bridgehead atoms. The topological polar surface area (TPSA) is 17.8 Å². The van der Waals surface area contributed by atoms with Crippen LogP contribution in [0.3, 0.4) is 0 Å². The Morgan fingerprint density at radius 1 is 1.40 bits per heavy atom. The molecular formula is C16H21ClN2S. The highest BCUT2D eigenvalue weighted by molar-refractivity contribution is 7.99. The summed E-state index contributed by atoms with van der Waals surface area (Å²) >= 11 is 8.08. The quantitative estimate of drug-likeness (QED) is 0.779. The zero-order valence-corrected chi connectivity index (χ0v) is 13.5. The number of alkyl halides is 1. The molecule has 108 valence electrons. The van der Waals surface area contributed by atoms with Gasteiger partial charge in [-0.1, -0.05) is 18.6 Å². The number of nitrogens with zero attached hydrogens (tertiary/aromatic N) is 2. The largest absolute Gasteiger partial charge is 0.327 e. The fraction of sp³-hybridized carbons (Fsp3) is 0.562. The van der Waals surface area contributed by atoms with Crippen LogP contribution >= 0.6 is 23.4 Å². The third kappa shape index (κ3) is 2.84. The summed E-state index contributed by atoms with van der Waals surface area (Å²) in [5, 5.41) is 0.731. The minimum atomic E-state index is 0.639. The molecule has 0 radical (unpaired) electrons. The molecule has 1 aromatic carbocycles. The molecule has 1 aromatic heterocycles. The molecule has 0 saturated carbocycles. The number of halogens is 1. The summed E-state index contributed by atoms with van der Waals surface area (Å²) in [6.07, 6.45) is 4.93. The van der Waals surface area contributed by atoms with Crippen LogP contribution in [0.15, 0.2) is 18.2 Å². The number of imidazole rings is 1. The summed E-state index contributed by atoms with van der Waals surface area (Å²) in [6, 6.07) is 6.39. The second-order valence-electron chi connectivity index (χ2n) is 5.51. The van der Waals surface area contributed by atoms with Crippen molar-refractivity contribution < 1.29 is 0 Å². The van der Waals surface area contributed by atoms with Crippen molar-refractivity contribution in [2.75, 3.05) is 11.6 Å². The third-order valence-corrected chi connectivity index (χ3v) is 5.60. The van der Waals surface area contributed by atoms with Crippen LogP contribution in [-0.4, -0.2) is 26.4 Å². The lowest BCUT2D eigenvalue weighted by Gasteiger charge is -2.23. The van der Waals surface area contributed by atoms with Gasteiger partial charge >= 0.3 is 0 Å². The maximum absolute atomic E-state index is 5.96. The fourth-order valence-corrected chi connectivity index (χ4v) is 4.50. The minimum Gasteiger partial charge on any atom is -0.327 e. The van der Waals surface area contributed by atoms with Gasteiger partial charge in [-0.25, -0.2) is 4.98 Å². The van der Waals surface area contributed by atoms with Gasteiger partial charge in [-0.2, -0.15) is 11.8 Å². The molecule has 2 nitrogen and oxygen atoms in total. The lowest BCUT2D eigenvalue weighted by atomic mass is 10.1. The normalized spacial score (nSPS) is 19.6. The van der Waals surface area contributed by atoms with Gasteiger partial charge in [-0.05, 0) is 37.1 Å². The SMILES string of the molecule is Cc1cccc2nc(CCCl)n(CC3CCCCS3)c12. The average molecular weight is 309 g/mol. The highest BCUT2D eigenvalue weighted by atomic mass is 35.5. The Labute approximate surface area is 129 Å². The van der Waals surface area contributed by atoms with E-state index in [2.05, 4.69) is 41.5 Å². The molecule has 0 amide bonds. The number of hydrogen-bond donors (Lipinski definition) is 0. The van der Waals surface area contributed by atoms with Gasteiger partial charge < -0.3 is 4.57 Å². The van der Waals surface area contributed by atoms with Gasteiger partial charge in [-0.15, -0.1) is 11.6 Å². The molecule has 2 aromatic rings. The van der Waals surface area contributed by atoms with E-state index in [1.807, 2.05) is 0 Å². The number of benzene rings is 1. The summed E-state index contributed by atoms with van der Waals surface area (Å²) in [5.41, 5.74) is 3.74. The van der Waals surface area contributed by atoms with Crippen molar-refractivity contribution in [2.24, 2.45) is 0 Å². The molecule has 0 spiro atoms. The smallest absolute Gasteiger partial charge is 0.111 e. The van der Waals surface area contributed by atoms with Gasteiger partial charge in [0, 0.05) is 24.1 Å². The van der Waals surface area contributed by atoms with Crippen molar-refractivity contribution >= 4 is 34.4 Å². The number of hydrogen-bond acceptors (Lipinski definition) is 2. The molecule has 3 rings (SSSR count). The predicted molar refractivity (Wildman–Crippen MR) is 89.0 cm³/mol.